The van der Waals surface area contributed by atoms with E-state index < -0.39 is 5.63 Å². The molecule has 1 amide bonds. The zero-order valence-electron chi connectivity index (χ0n) is 14.4. The van der Waals surface area contributed by atoms with E-state index in [4.69, 9.17) is 27.6 Å². The van der Waals surface area contributed by atoms with Crippen LogP contribution in [0.15, 0.2) is 82.0 Å². The Bertz CT molecular complexity index is 1260. The number of halogens is 2. The van der Waals surface area contributed by atoms with Gasteiger partial charge in [-0.05, 0) is 42.0 Å². The molecule has 138 valence electrons. The van der Waals surface area contributed by atoms with Crippen molar-refractivity contribution < 1.29 is 9.21 Å². The summed E-state index contributed by atoms with van der Waals surface area (Å²) in [5, 5.41) is 4.15. The first kappa shape index (κ1) is 18.3. The van der Waals surface area contributed by atoms with Gasteiger partial charge in [-0.2, -0.15) is 0 Å². The van der Waals surface area contributed by atoms with E-state index in [9.17, 15) is 9.59 Å². The molecule has 0 bridgehead atoms. The molecule has 4 rings (SSSR count). The number of fused-ring (bicyclic) bond motifs is 1. The van der Waals surface area contributed by atoms with E-state index in [1.807, 2.05) is 12.1 Å². The van der Waals surface area contributed by atoms with E-state index in [0.29, 0.717) is 33.0 Å². The summed E-state index contributed by atoms with van der Waals surface area (Å²) < 4.78 is 5.38. The van der Waals surface area contributed by atoms with E-state index in [1.165, 1.54) is 0 Å². The van der Waals surface area contributed by atoms with Crippen LogP contribution in [0.1, 0.15) is 10.4 Å². The van der Waals surface area contributed by atoms with Crippen LogP contribution in [0.2, 0.25) is 10.0 Å². The molecule has 4 aromatic rings. The summed E-state index contributed by atoms with van der Waals surface area (Å²) >= 11 is 12.1. The Hall–Kier alpha value is -3.08. The smallest absolute Gasteiger partial charge is 0.344 e. The fourth-order valence-electron chi connectivity index (χ4n) is 2.89. The average Bonchev–Trinajstić information content (AvgIpc) is 2.71. The van der Waals surface area contributed by atoms with Gasteiger partial charge in [-0.3, -0.25) is 4.79 Å². The lowest BCUT2D eigenvalue weighted by Gasteiger charge is -2.09. The van der Waals surface area contributed by atoms with Gasteiger partial charge in [0.15, 0.2) is 0 Å². The lowest BCUT2D eigenvalue weighted by atomic mass is 10.0. The second-order valence-electron chi connectivity index (χ2n) is 6.12. The predicted octanol–water partition coefficient (Wildman–Crippen LogP) is 6.02. The molecule has 4 nitrogen and oxygen atoms in total. The summed E-state index contributed by atoms with van der Waals surface area (Å²) in [6, 6.07) is 20.8. The van der Waals surface area contributed by atoms with Crippen molar-refractivity contribution in [3.63, 3.8) is 0 Å². The highest BCUT2D eigenvalue weighted by Crippen LogP contribution is 2.30. The molecule has 28 heavy (non-hydrogen) atoms. The van der Waals surface area contributed by atoms with Gasteiger partial charge in [-0.15, -0.1) is 0 Å². The van der Waals surface area contributed by atoms with Gasteiger partial charge in [0.05, 0.1) is 21.3 Å². The van der Waals surface area contributed by atoms with Crippen LogP contribution in [0.25, 0.3) is 22.1 Å². The van der Waals surface area contributed by atoms with Gasteiger partial charge < -0.3 is 9.73 Å². The van der Waals surface area contributed by atoms with Gasteiger partial charge in [0.2, 0.25) is 0 Å². The van der Waals surface area contributed by atoms with Crippen LogP contribution in [-0.4, -0.2) is 5.91 Å². The van der Waals surface area contributed by atoms with E-state index in [2.05, 4.69) is 5.32 Å². The second-order valence-corrected chi connectivity index (χ2v) is 6.91. The summed E-state index contributed by atoms with van der Waals surface area (Å²) in [7, 11) is 0. The molecule has 1 N–H and O–H groups in total. The fourth-order valence-corrected chi connectivity index (χ4v) is 3.23. The molecule has 0 saturated carbocycles. The fraction of sp³-hybridized carbons (Fsp3) is 0. The molecule has 0 aliphatic carbocycles. The zero-order valence-corrected chi connectivity index (χ0v) is 15.9. The minimum Gasteiger partial charge on any atom is -0.422 e. The highest BCUT2D eigenvalue weighted by atomic mass is 35.5. The molecule has 0 unspecified atom stereocenters. The summed E-state index contributed by atoms with van der Waals surface area (Å²) in [5.41, 5.74) is 1.81. The van der Waals surface area contributed by atoms with Gasteiger partial charge in [-0.1, -0.05) is 59.6 Å². The van der Waals surface area contributed by atoms with Crippen LogP contribution in [0, 0.1) is 0 Å². The van der Waals surface area contributed by atoms with Crippen molar-refractivity contribution >= 4 is 45.8 Å². The second kappa shape index (κ2) is 7.50. The molecule has 3 aromatic carbocycles. The van der Waals surface area contributed by atoms with Crippen LogP contribution in [0.4, 0.5) is 5.69 Å². The number of hydrogen-bond acceptors (Lipinski definition) is 3. The molecule has 1 aromatic heterocycles. The lowest BCUT2D eigenvalue weighted by molar-refractivity contribution is 0.102. The number of carbonyl (C=O) groups is 1. The number of carbonyl (C=O) groups excluding carboxylic acids is 1. The van der Waals surface area contributed by atoms with Gasteiger partial charge in [-0.25, -0.2) is 4.79 Å². The molecule has 0 fully saturated rings. The van der Waals surface area contributed by atoms with Crippen LogP contribution in [0.3, 0.4) is 0 Å². The van der Waals surface area contributed by atoms with Gasteiger partial charge in [0.1, 0.15) is 5.58 Å². The van der Waals surface area contributed by atoms with Crippen LogP contribution < -0.4 is 10.9 Å². The van der Waals surface area contributed by atoms with Crippen LogP contribution >= 0.6 is 23.2 Å². The number of hydrogen-bond donors (Lipinski definition) is 1. The Kier molecular flexibility index (Phi) is 4.90. The average molecular weight is 410 g/mol. The highest BCUT2D eigenvalue weighted by molar-refractivity contribution is 6.44. The Morgan fingerprint density at radius 1 is 0.893 bits per heavy atom. The lowest BCUT2D eigenvalue weighted by Crippen LogP contribution is -2.12. The first-order chi connectivity index (χ1) is 13.5. The van der Waals surface area contributed by atoms with Crippen LogP contribution in [0.5, 0.6) is 0 Å². The van der Waals surface area contributed by atoms with E-state index >= 15 is 0 Å². The van der Waals surface area contributed by atoms with Crippen molar-refractivity contribution in [2.24, 2.45) is 0 Å². The number of rotatable bonds is 3. The molecular weight excluding hydrogens is 397 g/mol. The summed E-state index contributed by atoms with van der Waals surface area (Å²) in [6.45, 7) is 0. The molecule has 0 aliphatic rings. The van der Waals surface area contributed by atoms with E-state index in [-0.39, 0.29) is 10.9 Å². The number of nitrogens with one attached hydrogen (secondary N) is 1. The largest absolute Gasteiger partial charge is 0.422 e. The molecule has 1 heterocycles. The Morgan fingerprint density at radius 3 is 2.54 bits per heavy atom. The Morgan fingerprint density at radius 2 is 1.68 bits per heavy atom. The molecule has 6 heteroatoms. The third kappa shape index (κ3) is 3.52. The predicted molar refractivity (Wildman–Crippen MR) is 112 cm³/mol. The number of amides is 1. The van der Waals surface area contributed by atoms with Crippen molar-refractivity contribution in [1.82, 2.24) is 0 Å². The quantitative estimate of drug-likeness (QED) is 0.420. The SMILES string of the molecule is O=C(Nc1cccc(Cl)c1Cl)c1cccc(-c2cc3ccccc3oc2=O)c1. The Balaban J connectivity index is 1.70. The monoisotopic (exact) mass is 409 g/mol. The zero-order chi connectivity index (χ0) is 19.7. The summed E-state index contributed by atoms with van der Waals surface area (Å²) in [4.78, 5) is 25.0. The molecule has 0 atom stereocenters. The standard InChI is InChI=1S/C22H13Cl2NO3/c23-17-8-4-9-18(20(17)24)25-21(26)15-7-3-6-13(11-15)16-12-14-5-1-2-10-19(14)28-22(16)27/h1-12H,(H,25,26). The maximum absolute atomic E-state index is 12.6. The highest BCUT2D eigenvalue weighted by Gasteiger charge is 2.13. The third-order valence-corrected chi connectivity index (χ3v) is 5.10. The number of benzene rings is 3. The molecule has 0 spiro atoms. The molecule has 0 aliphatic heterocycles. The summed E-state index contributed by atoms with van der Waals surface area (Å²) in [5.74, 6) is -0.365. The van der Waals surface area contributed by atoms with Crippen molar-refractivity contribution in [1.29, 1.82) is 0 Å². The first-order valence-electron chi connectivity index (χ1n) is 8.41. The number of anilines is 1. The van der Waals surface area contributed by atoms with Crippen molar-refractivity contribution in [2.45, 2.75) is 0 Å². The van der Waals surface area contributed by atoms with Gasteiger partial charge in [0.25, 0.3) is 5.91 Å². The van der Waals surface area contributed by atoms with E-state index in [1.54, 1.807) is 60.7 Å². The molecule has 0 radical (unpaired) electrons. The topological polar surface area (TPSA) is 59.3 Å². The minimum atomic E-state index is -0.464. The first-order valence-corrected chi connectivity index (χ1v) is 9.17. The van der Waals surface area contributed by atoms with Crippen LogP contribution in [-0.2, 0) is 0 Å². The Labute approximate surface area is 170 Å². The number of para-hydroxylation sites is 1. The summed E-state index contributed by atoms with van der Waals surface area (Å²) in [6.07, 6.45) is 0. The minimum absolute atomic E-state index is 0.267. The maximum Gasteiger partial charge on any atom is 0.344 e. The normalized spacial score (nSPS) is 10.8. The maximum atomic E-state index is 12.6. The van der Waals surface area contributed by atoms with E-state index in [0.717, 1.165) is 5.39 Å². The molecular formula is C22H13Cl2NO3. The third-order valence-electron chi connectivity index (χ3n) is 4.28. The van der Waals surface area contributed by atoms with Gasteiger partial charge in [0, 0.05) is 10.9 Å². The van der Waals surface area contributed by atoms with Crippen molar-refractivity contribution in [3.8, 4) is 11.1 Å². The van der Waals surface area contributed by atoms with Crippen molar-refractivity contribution in [3.05, 3.63) is 98.8 Å². The molecule has 0 saturated heterocycles. The van der Waals surface area contributed by atoms with Gasteiger partial charge >= 0.3 is 5.63 Å². The van der Waals surface area contributed by atoms with Crippen molar-refractivity contribution in [2.75, 3.05) is 5.32 Å².